The van der Waals surface area contributed by atoms with Crippen molar-refractivity contribution in [2.24, 2.45) is 5.92 Å². The van der Waals surface area contributed by atoms with E-state index in [1.165, 1.54) is 12.8 Å². The van der Waals surface area contributed by atoms with Gasteiger partial charge < -0.3 is 10.1 Å². The zero-order chi connectivity index (χ0) is 7.84. The smallest absolute Gasteiger partial charge is 0.407 e. The van der Waals surface area contributed by atoms with Crippen LogP contribution in [-0.4, -0.2) is 18.2 Å². The van der Waals surface area contributed by atoms with Gasteiger partial charge in [-0.25, -0.2) is 4.79 Å². The van der Waals surface area contributed by atoms with Crippen molar-refractivity contribution in [2.45, 2.75) is 38.3 Å². The fraction of sp³-hybridized carbons (Fsp3) is 0.875. The zero-order valence-corrected chi connectivity index (χ0v) is 6.67. The highest BCUT2D eigenvalue weighted by atomic mass is 16.6. The number of carbonyl (C=O) groups is 1. The van der Waals surface area contributed by atoms with E-state index in [1.54, 1.807) is 0 Å². The van der Waals surface area contributed by atoms with Crippen LogP contribution in [0.5, 0.6) is 0 Å². The van der Waals surface area contributed by atoms with Crippen LogP contribution < -0.4 is 5.32 Å². The summed E-state index contributed by atoms with van der Waals surface area (Å²) in [6.07, 6.45) is 3.35. The van der Waals surface area contributed by atoms with E-state index in [4.69, 9.17) is 4.74 Å². The predicted molar refractivity (Wildman–Crippen MR) is 40.2 cm³/mol. The minimum Gasteiger partial charge on any atom is -0.444 e. The predicted octanol–water partition coefficient (Wildman–Crippen LogP) is 1.28. The maximum Gasteiger partial charge on any atom is 0.407 e. The molecule has 62 valence electrons. The largest absolute Gasteiger partial charge is 0.444 e. The van der Waals surface area contributed by atoms with Crippen LogP contribution in [0.4, 0.5) is 4.79 Å². The number of rotatable bonds is 2. The summed E-state index contributed by atoms with van der Waals surface area (Å²) < 4.78 is 5.07. The zero-order valence-electron chi connectivity index (χ0n) is 6.67. The molecular formula is C8H13NO2. The molecule has 0 bridgehead atoms. The molecule has 1 saturated carbocycles. The van der Waals surface area contributed by atoms with Gasteiger partial charge in [0, 0.05) is 0 Å². The molecule has 2 aliphatic rings. The summed E-state index contributed by atoms with van der Waals surface area (Å²) in [5.41, 5.74) is 0. The SMILES string of the molecule is CC[C@H]1OC(=O)N[C@@H]1C1CC1. The molecule has 1 saturated heterocycles. The molecule has 1 aliphatic carbocycles. The van der Waals surface area contributed by atoms with Crippen LogP contribution in [0.15, 0.2) is 0 Å². The Hall–Kier alpha value is -0.730. The van der Waals surface area contributed by atoms with Gasteiger partial charge in [-0.2, -0.15) is 0 Å². The third kappa shape index (κ3) is 1.19. The van der Waals surface area contributed by atoms with Gasteiger partial charge in [0.2, 0.25) is 0 Å². The molecule has 0 aromatic carbocycles. The molecule has 2 fully saturated rings. The first-order valence-electron chi connectivity index (χ1n) is 4.28. The molecule has 0 unspecified atom stereocenters. The molecule has 3 heteroatoms. The summed E-state index contributed by atoms with van der Waals surface area (Å²) in [6, 6.07) is 0.312. The van der Waals surface area contributed by atoms with Gasteiger partial charge >= 0.3 is 6.09 Å². The molecule has 0 spiro atoms. The molecule has 2 atom stereocenters. The Labute approximate surface area is 66.1 Å². The van der Waals surface area contributed by atoms with Gasteiger partial charge in [-0.05, 0) is 25.2 Å². The van der Waals surface area contributed by atoms with Crippen molar-refractivity contribution in [2.75, 3.05) is 0 Å². The van der Waals surface area contributed by atoms with Gasteiger partial charge in [0.05, 0.1) is 6.04 Å². The number of nitrogens with one attached hydrogen (secondary N) is 1. The number of ether oxygens (including phenoxy) is 1. The Bertz CT molecular complexity index is 177. The van der Waals surface area contributed by atoms with E-state index in [0.29, 0.717) is 12.0 Å². The average Bonchev–Trinajstić information content (AvgIpc) is 2.75. The quantitative estimate of drug-likeness (QED) is 0.652. The fourth-order valence-electron chi connectivity index (χ4n) is 1.69. The molecule has 2 rings (SSSR count). The van der Waals surface area contributed by atoms with Crippen molar-refractivity contribution in [3.63, 3.8) is 0 Å². The molecule has 0 aromatic heterocycles. The van der Waals surface area contributed by atoms with Gasteiger partial charge in [0.1, 0.15) is 6.10 Å². The first-order valence-corrected chi connectivity index (χ1v) is 4.28. The first kappa shape index (κ1) is 6.95. The third-order valence-corrected chi connectivity index (χ3v) is 2.48. The Morgan fingerprint density at radius 1 is 1.64 bits per heavy atom. The van der Waals surface area contributed by atoms with Crippen LogP contribution in [0.2, 0.25) is 0 Å². The number of hydrogen-bond donors (Lipinski definition) is 1. The summed E-state index contributed by atoms with van der Waals surface area (Å²) in [7, 11) is 0. The maximum atomic E-state index is 10.8. The topological polar surface area (TPSA) is 38.3 Å². The number of alkyl carbamates (subject to hydrolysis) is 1. The van der Waals surface area contributed by atoms with Crippen LogP contribution in [0, 0.1) is 5.92 Å². The summed E-state index contributed by atoms with van der Waals surface area (Å²) in [5.74, 6) is 0.700. The lowest BCUT2D eigenvalue weighted by molar-refractivity contribution is 0.126. The van der Waals surface area contributed by atoms with Crippen LogP contribution in [0.3, 0.4) is 0 Å². The Morgan fingerprint density at radius 2 is 2.36 bits per heavy atom. The minimum atomic E-state index is -0.228. The van der Waals surface area contributed by atoms with Crippen LogP contribution in [0.25, 0.3) is 0 Å². The first-order chi connectivity index (χ1) is 5.31. The third-order valence-electron chi connectivity index (χ3n) is 2.48. The van der Waals surface area contributed by atoms with E-state index < -0.39 is 0 Å². The van der Waals surface area contributed by atoms with Crippen molar-refractivity contribution in [1.29, 1.82) is 0 Å². The second-order valence-electron chi connectivity index (χ2n) is 3.36. The molecule has 11 heavy (non-hydrogen) atoms. The van der Waals surface area contributed by atoms with E-state index in [9.17, 15) is 4.79 Å². The Kier molecular flexibility index (Phi) is 1.51. The van der Waals surface area contributed by atoms with Gasteiger partial charge in [0.25, 0.3) is 0 Å². The van der Waals surface area contributed by atoms with Gasteiger partial charge in [-0.3, -0.25) is 0 Å². The highest BCUT2D eigenvalue weighted by Crippen LogP contribution is 2.37. The van der Waals surface area contributed by atoms with Crippen LogP contribution in [0.1, 0.15) is 26.2 Å². The normalized spacial score (nSPS) is 36.6. The van der Waals surface area contributed by atoms with Crippen LogP contribution >= 0.6 is 0 Å². The fourth-order valence-corrected chi connectivity index (χ4v) is 1.69. The highest BCUT2D eigenvalue weighted by Gasteiger charge is 2.42. The van der Waals surface area contributed by atoms with Crippen molar-refractivity contribution in [3.05, 3.63) is 0 Å². The lowest BCUT2D eigenvalue weighted by Crippen LogP contribution is -2.33. The molecular weight excluding hydrogens is 142 g/mol. The maximum absolute atomic E-state index is 10.8. The van der Waals surface area contributed by atoms with Gasteiger partial charge in [-0.1, -0.05) is 6.92 Å². The molecule has 1 heterocycles. The number of hydrogen-bond acceptors (Lipinski definition) is 2. The summed E-state index contributed by atoms with van der Waals surface area (Å²) in [5, 5.41) is 2.86. The van der Waals surface area contributed by atoms with E-state index in [2.05, 4.69) is 12.2 Å². The molecule has 0 aromatic rings. The molecule has 3 nitrogen and oxygen atoms in total. The van der Waals surface area contributed by atoms with E-state index in [0.717, 1.165) is 6.42 Å². The number of amides is 1. The highest BCUT2D eigenvalue weighted by molar-refractivity contribution is 5.70. The summed E-state index contributed by atoms with van der Waals surface area (Å²) >= 11 is 0. The molecule has 1 N–H and O–H groups in total. The Balaban J connectivity index is 2.00. The van der Waals surface area contributed by atoms with Crippen molar-refractivity contribution in [1.82, 2.24) is 5.32 Å². The van der Waals surface area contributed by atoms with Crippen molar-refractivity contribution < 1.29 is 9.53 Å². The summed E-state index contributed by atoms with van der Waals surface area (Å²) in [4.78, 5) is 10.8. The minimum absolute atomic E-state index is 0.134. The van der Waals surface area contributed by atoms with Gasteiger partial charge in [0.15, 0.2) is 0 Å². The lowest BCUT2D eigenvalue weighted by Gasteiger charge is -2.13. The van der Waals surface area contributed by atoms with E-state index in [-0.39, 0.29) is 12.2 Å². The van der Waals surface area contributed by atoms with Crippen LogP contribution in [-0.2, 0) is 4.74 Å². The second kappa shape index (κ2) is 2.40. The average molecular weight is 155 g/mol. The van der Waals surface area contributed by atoms with Gasteiger partial charge in [-0.15, -0.1) is 0 Å². The standard InChI is InChI=1S/C8H13NO2/c1-2-6-7(5-3-4-5)9-8(10)11-6/h5-7H,2-4H2,1H3,(H,9,10)/t6-,7-/m1/s1. The lowest BCUT2D eigenvalue weighted by atomic mass is 10.1. The molecule has 1 aliphatic heterocycles. The van der Waals surface area contributed by atoms with Crippen molar-refractivity contribution >= 4 is 6.09 Å². The number of cyclic esters (lactones) is 1. The monoisotopic (exact) mass is 155 g/mol. The number of carbonyl (C=O) groups excluding carboxylic acids is 1. The molecule has 0 radical (unpaired) electrons. The molecule has 1 amide bonds. The summed E-state index contributed by atoms with van der Waals surface area (Å²) in [6.45, 7) is 2.06. The van der Waals surface area contributed by atoms with E-state index in [1.807, 2.05) is 0 Å². The van der Waals surface area contributed by atoms with Crippen molar-refractivity contribution in [3.8, 4) is 0 Å². The Morgan fingerprint density at radius 3 is 2.91 bits per heavy atom. The van der Waals surface area contributed by atoms with E-state index >= 15 is 0 Å². The second-order valence-corrected chi connectivity index (χ2v) is 3.36.